The van der Waals surface area contributed by atoms with Crippen molar-refractivity contribution in [3.05, 3.63) is 40.6 Å². The van der Waals surface area contributed by atoms with Crippen LogP contribution in [0.4, 0.5) is 0 Å². The van der Waals surface area contributed by atoms with Crippen LogP contribution in [0.3, 0.4) is 0 Å². The van der Waals surface area contributed by atoms with Crippen LogP contribution in [0.15, 0.2) is 34.9 Å². The van der Waals surface area contributed by atoms with E-state index >= 15 is 0 Å². The minimum atomic E-state index is -0.752. The number of halogens is 1. The van der Waals surface area contributed by atoms with Gasteiger partial charge in [-0.25, -0.2) is 4.68 Å². The zero-order chi connectivity index (χ0) is 15.5. The lowest BCUT2D eigenvalue weighted by molar-refractivity contribution is -0.144. The predicted octanol–water partition coefficient (Wildman–Crippen LogP) is 2.47. The number of rotatable bonds is 4. The number of aromatic nitrogens is 3. The van der Waals surface area contributed by atoms with E-state index in [1.165, 1.54) is 0 Å². The number of hydrogen-bond donors (Lipinski definition) is 1. The van der Waals surface area contributed by atoms with Crippen LogP contribution in [0.2, 0.25) is 0 Å². The van der Waals surface area contributed by atoms with Crippen LogP contribution in [-0.2, 0) is 11.3 Å². The second-order valence-electron chi connectivity index (χ2n) is 5.43. The molecule has 1 unspecified atom stereocenters. The molecule has 1 aromatic carbocycles. The molecule has 116 valence electrons. The van der Waals surface area contributed by atoms with E-state index in [4.69, 9.17) is 0 Å². The Labute approximate surface area is 136 Å². The molecular weight excluding hydrogens is 348 g/mol. The van der Waals surface area contributed by atoms with Gasteiger partial charge in [0.15, 0.2) is 0 Å². The Bertz CT molecular complexity index is 673. The van der Waals surface area contributed by atoms with Gasteiger partial charge in [-0.05, 0) is 47.4 Å². The Balaban J connectivity index is 1.77. The summed E-state index contributed by atoms with van der Waals surface area (Å²) in [4.78, 5) is 13.3. The van der Waals surface area contributed by atoms with E-state index in [-0.39, 0.29) is 0 Å². The second kappa shape index (κ2) is 6.58. The fraction of sp³-hybridized carbons (Fsp3) is 0.400. The van der Waals surface area contributed by atoms with Gasteiger partial charge in [-0.1, -0.05) is 23.8 Å². The molecule has 0 aliphatic carbocycles. The van der Waals surface area contributed by atoms with Gasteiger partial charge < -0.3 is 5.11 Å². The summed E-state index contributed by atoms with van der Waals surface area (Å²) in [5.41, 5.74) is 1.69. The SMILES string of the molecule is O=C(O)C1CCCCN1Cc1cn(-c2ccccc2Br)nn1. The van der Waals surface area contributed by atoms with Gasteiger partial charge in [0.1, 0.15) is 6.04 Å². The third-order valence-electron chi connectivity index (χ3n) is 3.90. The van der Waals surface area contributed by atoms with E-state index in [0.717, 1.165) is 35.2 Å². The van der Waals surface area contributed by atoms with Crippen molar-refractivity contribution in [2.24, 2.45) is 0 Å². The molecule has 0 amide bonds. The summed E-state index contributed by atoms with van der Waals surface area (Å²) in [6.45, 7) is 1.31. The maximum atomic E-state index is 11.3. The largest absolute Gasteiger partial charge is 0.480 e. The van der Waals surface area contributed by atoms with Crippen molar-refractivity contribution in [2.45, 2.75) is 31.8 Å². The van der Waals surface area contributed by atoms with Crippen molar-refractivity contribution in [1.82, 2.24) is 19.9 Å². The lowest BCUT2D eigenvalue weighted by Gasteiger charge is -2.31. The molecule has 6 nitrogen and oxygen atoms in total. The number of carboxylic acid groups (broad SMARTS) is 1. The number of benzene rings is 1. The predicted molar refractivity (Wildman–Crippen MR) is 84.7 cm³/mol. The summed E-state index contributed by atoms with van der Waals surface area (Å²) in [6, 6.07) is 7.36. The summed E-state index contributed by atoms with van der Waals surface area (Å²) >= 11 is 3.49. The molecule has 0 radical (unpaired) electrons. The zero-order valence-corrected chi connectivity index (χ0v) is 13.6. The summed E-state index contributed by atoms with van der Waals surface area (Å²) < 4.78 is 2.65. The van der Waals surface area contributed by atoms with Gasteiger partial charge in [0.2, 0.25) is 0 Å². The lowest BCUT2D eigenvalue weighted by atomic mass is 10.0. The molecular formula is C15H17BrN4O2. The summed E-state index contributed by atoms with van der Waals surface area (Å²) in [5, 5.41) is 17.6. The Morgan fingerprint density at radius 2 is 2.18 bits per heavy atom. The van der Waals surface area contributed by atoms with E-state index in [1.54, 1.807) is 4.68 Å². The molecule has 1 fully saturated rings. The molecule has 0 spiro atoms. The normalized spacial score (nSPS) is 19.2. The minimum absolute atomic E-state index is 0.414. The number of para-hydroxylation sites is 1. The van der Waals surface area contributed by atoms with Crippen molar-refractivity contribution in [1.29, 1.82) is 0 Å². The topological polar surface area (TPSA) is 71.2 Å². The first kappa shape index (κ1) is 15.2. The van der Waals surface area contributed by atoms with Crippen LogP contribution in [0, 0.1) is 0 Å². The number of nitrogens with zero attached hydrogens (tertiary/aromatic N) is 4. The van der Waals surface area contributed by atoms with Crippen LogP contribution in [0.1, 0.15) is 25.0 Å². The van der Waals surface area contributed by atoms with Crippen molar-refractivity contribution in [3.63, 3.8) is 0 Å². The first-order valence-electron chi connectivity index (χ1n) is 7.28. The standard InChI is InChI=1S/C15H17BrN4O2/c16-12-5-1-2-6-13(12)20-10-11(17-18-20)9-19-8-4-3-7-14(19)15(21)22/h1-2,5-6,10,14H,3-4,7-9H2,(H,21,22). The lowest BCUT2D eigenvalue weighted by Crippen LogP contribution is -2.44. The van der Waals surface area contributed by atoms with Crippen LogP contribution in [-0.4, -0.2) is 43.6 Å². The van der Waals surface area contributed by atoms with Crippen molar-refractivity contribution < 1.29 is 9.90 Å². The molecule has 1 aromatic heterocycles. The summed E-state index contributed by atoms with van der Waals surface area (Å²) in [7, 11) is 0. The van der Waals surface area contributed by atoms with Gasteiger partial charge in [-0.3, -0.25) is 9.69 Å². The molecule has 2 heterocycles. The highest BCUT2D eigenvalue weighted by molar-refractivity contribution is 9.10. The smallest absolute Gasteiger partial charge is 0.320 e. The summed E-state index contributed by atoms with van der Waals surface area (Å²) in [5.74, 6) is -0.752. The second-order valence-corrected chi connectivity index (χ2v) is 6.28. The van der Waals surface area contributed by atoms with E-state index in [0.29, 0.717) is 13.0 Å². The van der Waals surface area contributed by atoms with Crippen LogP contribution in [0.25, 0.3) is 5.69 Å². The van der Waals surface area contributed by atoms with Gasteiger partial charge in [-0.15, -0.1) is 5.10 Å². The monoisotopic (exact) mass is 364 g/mol. The average molecular weight is 365 g/mol. The van der Waals surface area contributed by atoms with Gasteiger partial charge in [0, 0.05) is 11.0 Å². The number of aliphatic carboxylic acids is 1. The molecule has 0 saturated carbocycles. The first-order chi connectivity index (χ1) is 10.6. The van der Waals surface area contributed by atoms with E-state index in [9.17, 15) is 9.90 Å². The van der Waals surface area contributed by atoms with E-state index < -0.39 is 12.0 Å². The number of piperidine rings is 1. The zero-order valence-electron chi connectivity index (χ0n) is 12.0. The van der Waals surface area contributed by atoms with Crippen LogP contribution >= 0.6 is 15.9 Å². The molecule has 1 N–H and O–H groups in total. The fourth-order valence-electron chi connectivity index (χ4n) is 2.79. The van der Waals surface area contributed by atoms with Crippen molar-refractivity contribution in [3.8, 4) is 5.69 Å². The molecule has 3 rings (SSSR count). The van der Waals surface area contributed by atoms with Crippen LogP contribution in [0.5, 0.6) is 0 Å². The Morgan fingerprint density at radius 3 is 2.95 bits per heavy atom. The van der Waals surface area contributed by atoms with Gasteiger partial charge >= 0.3 is 5.97 Å². The van der Waals surface area contributed by atoms with Crippen molar-refractivity contribution in [2.75, 3.05) is 6.54 Å². The highest BCUT2D eigenvalue weighted by Gasteiger charge is 2.28. The number of likely N-dealkylation sites (tertiary alicyclic amines) is 1. The maximum Gasteiger partial charge on any atom is 0.320 e. The number of carboxylic acids is 1. The van der Waals surface area contributed by atoms with E-state index in [2.05, 4.69) is 26.2 Å². The molecule has 1 aliphatic heterocycles. The third-order valence-corrected chi connectivity index (χ3v) is 4.57. The third kappa shape index (κ3) is 3.20. The molecule has 1 aliphatic rings. The molecule has 7 heteroatoms. The number of hydrogen-bond acceptors (Lipinski definition) is 4. The molecule has 0 bridgehead atoms. The highest BCUT2D eigenvalue weighted by atomic mass is 79.9. The van der Waals surface area contributed by atoms with E-state index in [1.807, 2.05) is 35.4 Å². The molecule has 22 heavy (non-hydrogen) atoms. The van der Waals surface area contributed by atoms with Crippen LogP contribution < -0.4 is 0 Å². The fourth-order valence-corrected chi connectivity index (χ4v) is 3.26. The minimum Gasteiger partial charge on any atom is -0.480 e. The number of carbonyl (C=O) groups is 1. The summed E-state index contributed by atoms with van der Waals surface area (Å²) in [6.07, 6.45) is 4.56. The average Bonchev–Trinajstić information content (AvgIpc) is 2.96. The Kier molecular flexibility index (Phi) is 4.54. The Morgan fingerprint density at radius 1 is 1.36 bits per heavy atom. The first-order valence-corrected chi connectivity index (χ1v) is 8.07. The highest BCUT2D eigenvalue weighted by Crippen LogP contribution is 2.21. The molecule has 2 aromatic rings. The van der Waals surface area contributed by atoms with Crippen molar-refractivity contribution >= 4 is 21.9 Å². The molecule has 1 atom stereocenters. The van der Waals surface area contributed by atoms with Gasteiger partial charge in [-0.2, -0.15) is 0 Å². The molecule has 1 saturated heterocycles. The quantitative estimate of drug-likeness (QED) is 0.901. The van der Waals surface area contributed by atoms with Gasteiger partial charge in [0.05, 0.1) is 17.6 Å². The Hall–Kier alpha value is -1.73. The maximum absolute atomic E-state index is 11.3. The van der Waals surface area contributed by atoms with Gasteiger partial charge in [0.25, 0.3) is 0 Å².